The van der Waals surface area contributed by atoms with Crippen LogP contribution in [0.4, 0.5) is 0 Å². The zero-order valence-corrected chi connectivity index (χ0v) is 19.0. The Balaban J connectivity index is 1.72. The van der Waals surface area contributed by atoms with Crippen molar-refractivity contribution >= 4 is 5.91 Å². The summed E-state index contributed by atoms with van der Waals surface area (Å²) >= 11 is 0. The number of ether oxygens (including phenoxy) is 1. The van der Waals surface area contributed by atoms with Crippen molar-refractivity contribution in [1.29, 1.82) is 0 Å². The third-order valence-electron chi connectivity index (χ3n) is 6.10. The van der Waals surface area contributed by atoms with E-state index in [0.717, 1.165) is 18.7 Å². The van der Waals surface area contributed by atoms with E-state index in [1.807, 2.05) is 21.8 Å². The lowest BCUT2D eigenvalue weighted by atomic mass is 9.84. The Labute approximate surface area is 180 Å². The fourth-order valence-electron chi connectivity index (χ4n) is 4.30. The second-order valence-corrected chi connectivity index (χ2v) is 9.22. The molecule has 2 atom stereocenters. The summed E-state index contributed by atoms with van der Waals surface area (Å²) in [6.07, 6.45) is 4.57. The van der Waals surface area contributed by atoms with Crippen molar-refractivity contribution in [2.24, 2.45) is 5.92 Å². The minimum Gasteiger partial charge on any atom is -0.383 e. The molecule has 2 aromatic rings. The molecule has 164 valence electrons. The highest BCUT2D eigenvalue weighted by atomic mass is 16.5. The van der Waals surface area contributed by atoms with E-state index < -0.39 is 0 Å². The monoisotopic (exact) mass is 412 g/mol. The molecule has 3 rings (SSSR count). The van der Waals surface area contributed by atoms with E-state index in [0.29, 0.717) is 25.6 Å². The van der Waals surface area contributed by atoms with Gasteiger partial charge in [0.25, 0.3) is 0 Å². The van der Waals surface area contributed by atoms with Gasteiger partial charge >= 0.3 is 0 Å². The maximum atomic E-state index is 12.8. The Morgan fingerprint density at radius 3 is 2.63 bits per heavy atom. The van der Waals surface area contributed by atoms with Crippen LogP contribution in [0.15, 0.2) is 42.7 Å². The van der Waals surface area contributed by atoms with Crippen LogP contribution in [0.3, 0.4) is 0 Å². The Hall–Kier alpha value is -2.18. The molecule has 1 saturated heterocycles. The highest BCUT2D eigenvalue weighted by Gasteiger charge is 2.41. The molecule has 6 heteroatoms. The third-order valence-corrected chi connectivity index (χ3v) is 6.10. The summed E-state index contributed by atoms with van der Waals surface area (Å²) in [5.74, 6) is 0.411. The third kappa shape index (κ3) is 5.10. The quantitative estimate of drug-likeness (QED) is 0.648. The topological polar surface area (TPSA) is 59.4 Å². The maximum absolute atomic E-state index is 12.8. The van der Waals surface area contributed by atoms with Crippen LogP contribution in [0.2, 0.25) is 0 Å². The summed E-state index contributed by atoms with van der Waals surface area (Å²) in [4.78, 5) is 14.8. The van der Waals surface area contributed by atoms with Gasteiger partial charge < -0.3 is 15.0 Å². The Kier molecular flexibility index (Phi) is 7.32. The van der Waals surface area contributed by atoms with Crippen molar-refractivity contribution in [3.8, 4) is 0 Å². The predicted octanol–water partition coefficient (Wildman–Crippen LogP) is 3.57. The van der Waals surface area contributed by atoms with Crippen molar-refractivity contribution in [3.05, 3.63) is 53.9 Å². The molecule has 6 nitrogen and oxygen atoms in total. The van der Waals surface area contributed by atoms with Crippen LogP contribution in [0.5, 0.6) is 0 Å². The summed E-state index contributed by atoms with van der Waals surface area (Å²) < 4.78 is 7.23. The molecule has 0 bridgehead atoms. The zero-order valence-electron chi connectivity index (χ0n) is 19.0. The molecule has 0 spiro atoms. The maximum Gasteiger partial charge on any atom is 0.223 e. The molecule has 1 aromatic heterocycles. The number of likely N-dealkylation sites (tertiary alicyclic amines) is 1. The molecule has 1 aliphatic heterocycles. The van der Waals surface area contributed by atoms with Crippen LogP contribution in [-0.2, 0) is 14.9 Å². The average Bonchev–Trinajstić information content (AvgIpc) is 3.31. The minimum absolute atomic E-state index is 0.0254. The molecule has 2 heterocycles. The SMILES string of the molecule is COCCN1C(=O)C[C@@H](CNCC(C)(C)c2ccccc2)[C@@H]1c1cnn(C(C)C)c1. The van der Waals surface area contributed by atoms with Crippen LogP contribution in [0.1, 0.15) is 57.3 Å². The molecule has 1 aromatic carbocycles. The number of amides is 1. The highest BCUT2D eigenvalue weighted by molar-refractivity contribution is 5.79. The van der Waals surface area contributed by atoms with Crippen molar-refractivity contribution in [2.75, 3.05) is 33.4 Å². The Morgan fingerprint density at radius 2 is 2.00 bits per heavy atom. The van der Waals surface area contributed by atoms with E-state index in [1.54, 1.807) is 7.11 Å². The van der Waals surface area contributed by atoms with Gasteiger partial charge in [0.1, 0.15) is 0 Å². The van der Waals surface area contributed by atoms with E-state index in [4.69, 9.17) is 4.74 Å². The minimum atomic E-state index is 0.0254. The van der Waals surface area contributed by atoms with Crippen molar-refractivity contribution in [3.63, 3.8) is 0 Å². The van der Waals surface area contributed by atoms with E-state index in [1.165, 1.54) is 5.56 Å². The number of hydrogen-bond acceptors (Lipinski definition) is 4. The lowest BCUT2D eigenvalue weighted by molar-refractivity contribution is -0.129. The first kappa shape index (κ1) is 22.5. The number of carbonyl (C=O) groups excluding carboxylic acids is 1. The number of nitrogens with zero attached hydrogens (tertiary/aromatic N) is 3. The largest absolute Gasteiger partial charge is 0.383 e. The number of aromatic nitrogens is 2. The predicted molar refractivity (Wildman–Crippen MR) is 119 cm³/mol. The lowest BCUT2D eigenvalue weighted by Crippen LogP contribution is -2.37. The molecule has 0 unspecified atom stereocenters. The summed E-state index contributed by atoms with van der Waals surface area (Å²) in [7, 11) is 1.68. The van der Waals surface area contributed by atoms with Crippen LogP contribution < -0.4 is 5.32 Å². The van der Waals surface area contributed by atoms with Crippen molar-refractivity contribution in [1.82, 2.24) is 20.0 Å². The van der Waals surface area contributed by atoms with Gasteiger partial charge in [-0.3, -0.25) is 9.48 Å². The van der Waals surface area contributed by atoms with Gasteiger partial charge in [-0.2, -0.15) is 5.10 Å². The fraction of sp³-hybridized carbons (Fsp3) is 0.583. The van der Waals surface area contributed by atoms with Gasteiger partial charge in [0, 0.05) is 62.3 Å². The Morgan fingerprint density at radius 1 is 1.27 bits per heavy atom. The van der Waals surface area contributed by atoms with Crippen molar-refractivity contribution in [2.45, 2.75) is 51.6 Å². The normalized spacial score (nSPS) is 19.8. The second-order valence-electron chi connectivity index (χ2n) is 9.22. The van der Waals surface area contributed by atoms with E-state index in [9.17, 15) is 4.79 Å². The molecule has 1 amide bonds. The van der Waals surface area contributed by atoms with Gasteiger partial charge in [-0.05, 0) is 19.4 Å². The zero-order chi connectivity index (χ0) is 21.7. The van der Waals surface area contributed by atoms with Crippen LogP contribution in [-0.4, -0.2) is 53.9 Å². The summed E-state index contributed by atoms with van der Waals surface area (Å²) in [6, 6.07) is 10.9. The molecule has 30 heavy (non-hydrogen) atoms. The number of hydrogen-bond donors (Lipinski definition) is 1. The molecule has 1 N–H and O–H groups in total. The molecule has 0 radical (unpaired) electrons. The van der Waals surface area contributed by atoms with Gasteiger partial charge in [-0.15, -0.1) is 0 Å². The first-order chi connectivity index (χ1) is 14.3. The van der Waals surface area contributed by atoms with Gasteiger partial charge in [0.2, 0.25) is 5.91 Å². The Bertz CT molecular complexity index is 816. The first-order valence-corrected chi connectivity index (χ1v) is 10.9. The first-order valence-electron chi connectivity index (χ1n) is 10.9. The van der Waals surface area contributed by atoms with E-state index >= 15 is 0 Å². The van der Waals surface area contributed by atoms with Crippen LogP contribution in [0, 0.1) is 5.92 Å². The van der Waals surface area contributed by atoms with Gasteiger partial charge in [-0.25, -0.2) is 0 Å². The molecule has 1 aliphatic rings. The number of rotatable bonds is 10. The van der Waals surface area contributed by atoms with Crippen LogP contribution in [0.25, 0.3) is 0 Å². The van der Waals surface area contributed by atoms with Crippen LogP contribution >= 0.6 is 0 Å². The van der Waals surface area contributed by atoms with Gasteiger partial charge in [0.15, 0.2) is 0 Å². The average molecular weight is 413 g/mol. The summed E-state index contributed by atoms with van der Waals surface area (Å²) in [5, 5.41) is 8.18. The fourth-order valence-corrected chi connectivity index (χ4v) is 4.30. The van der Waals surface area contributed by atoms with E-state index in [2.05, 4.69) is 68.6 Å². The summed E-state index contributed by atoms with van der Waals surface area (Å²) in [5.41, 5.74) is 2.45. The number of benzene rings is 1. The summed E-state index contributed by atoms with van der Waals surface area (Å²) in [6.45, 7) is 11.5. The number of nitrogens with one attached hydrogen (secondary N) is 1. The van der Waals surface area contributed by atoms with Gasteiger partial charge in [0.05, 0.1) is 18.8 Å². The molecular formula is C24H36N4O2. The lowest BCUT2D eigenvalue weighted by Gasteiger charge is -2.30. The second kappa shape index (κ2) is 9.75. The van der Waals surface area contributed by atoms with Crippen molar-refractivity contribution < 1.29 is 9.53 Å². The number of methoxy groups -OCH3 is 1. The molecule has 0 saturated carbocycles. The standard InChI is InChI=1S/C24H36N4O2/c1-18(2)28-16-20(15-26-28)23-19(13-22(29)27(23)11-12-30-5)14-25-17-24(3,4)21-9-7-6-8-10-21/h6-10,15-16,18-19,23,25H,11-14,17H2,1-5H3/t19-,23+/m0/s1. The highest BCUT2D eigenvalue weighted by Crippen LogP contribution is 2.38. The molecular weight excluding hydrogens is 376 g/mol. The van der Waals surface area contributed by atoms with E-state index in [-0.39, 0.29) is 23.3 Å². The van der Waals surface area contributed by atoms with Gasteiger partial charge in [-0.1, -0.05) is 44.2 Å². The molecule has 1 fully saturated rings. The smallest absolute Gasteiger partial charge is 0.223 e. The molecule has 0 aliphatic carbocycles. The number of carbonyl (C=O) groups is 1.